The number of nitrogens with one attached hydrogen (secondary N) is 1. The second-order valence-corrected chi connectivity index (χ2v) is 15.5. The summed E-state index contributed by atoms with van der Waals surface area (Å²) >= 11 is 0. The van der Waals surface area contributed by atoms with Crippen molar-refractivity contribution >= 4 is 25.8 Å². The zero-order chi connectivity index (χ0) is 36.7. The molecule has 1 saturated heterocycles. The van der Waals surface area contributed by atoms with Crippen LogP contribution >= 0.6 is 25.8 Å². The maximum atomic E-state index is 10.8. The van der Waals surface area contributed by atoms with E-state index in [0.717, 1.165) is 0 Å². The molecule has 0 aromatic heterocycles. The van der Waals surface area contributed by atoms with Crippen LogP contribution in [-0.4, -0.2) is 34.7 Å². The van der Waals surface area contributed by atoms with Gasteiger partial charge in [0.1, 0.15) is 0 Å². The highest BCUT2D eigenvalue weighted by molar-refractivity contribution is 7.74. The summed E-state index contributed by atoms with van der Waals surface area (Å²) in [6.07, 6.45) is 0. The van der Waals surface area contributed by atoms with Crippen molar-refractivity contribution < 1.29 is 53.7 Å². The summed E-state index contributed by atoms with van der Waals surface area (Å²) in [6.45, 7) is 0. The van der Waals surface area contributed by atoms with Gasteiger partial charge in [0.2, 0.25) is 5.75 Å². The zero-order valence-corrected chi connectivity index (χ0v) is 30.0. The molecule has 3 unspecified atom stereocenters. The fourth-order valence-corrected chi connectivity index (χ4v) is 10.2. The Balaban J connectivity index is 1.31. The highest BCUT2D eigenvalue weighted by Crippen LogP contribution is 2.67. The zero-order valence-electron chi connectivity index (χ0n) is 27.3. The van der Waals surface area contributed by atoms with E-state index in [1.54, 1.807) is 103 Å². The van der Waals surface area contributed by atoms with Crippen LogP contribution in [0.5, 0.6) is 74.7 Å². The number of phenolic OH excluding ortho intramolecular Hbond substituents is 5. The molecule has 6 N–H and O–H groups in total. The van der Waals surface area contributed by atoms with Crippen molar-refractivity contribution in [2.24, 2.45) is 0 Å². The van der Waals surface area contributed by atoms with Crippen molar-refractivity contribution in [2.45, 2.75) is 0 Å². The Morgan fingerprint density at radius 1 is 0.434 bits per heavy atom. The summed E-state index contributed by atoms with van der Waals surface area (Å²) in [5.41, 5.74) is 0. The van der Waals surface area contributed by atoms with E-state index in [2.05, 4.69) is 4.86 Å². The molecule has 1 fully saturated rings. The molecule has 0 amide bonds. The van der Waals surface area contributed by atoms with E-state index >= 15 is 0 Å². The van der Waals surface area contributed by atoms with Gasteiger partial charge in [-0.2, -0.15) is 0 Å². The smallest absolute Gasteiger partial charge is 0.332 e. The molecule has 14 nitrogen and oxygen atoms in total. The summed E-state index contributed by atoms with van der Waals surface area (Å²) in [4.78, 5) is 15.7. The Morgan fingerprint density at radius 2 is 0.868 bits per heavy atom. The van der Waals surface area contributed by atoms with Crippen molar-refractivity contribution in [3.63, 3.8) is 0 Å². The van der Waals surface area contributed by atoms with Gasteiger partial charge in [-0.1, -0.05) is 66.7 Å². The minimum absolute atomic E-state index is 0.0335. The molecule has 0 spiro atoms. The number of para-hydroxylation sites is 11. The molecule has 270 valence electrons. The number of ether oxygens (including phenoxy) is 2. The molecule has 1 aliphatic rings. The molecule has 0 bridgehead atoms. The van der Waals surface area contributed by atoms with Gasteiger partial charge in [-0.25, -0.2) is 4.86 Å². The van der Waals surface area contributed by atoms with Gasteiger partial charge in [-0.05, 0) is 77.4 Å². The first-order valence-electron chi connectivity index (χ1n) is 15.7. The SMILES string of the molecule is Oc1ccccc1Oc1cccc(OP2NPN(Oc3ccccc3O)P(Oc3ccccc3O)N2Oc2ccccc2O)c1Oc1ccccc1O. The second kappa shape index (κ2) is 16.3. The first kappa shape index (κ1) is 35.7. The molecule has 53 heavy (non-hydrogen) atoms. The third-order valence-corrected chi connectivity index (χ3v) is 12.2. The summed E-state index contributed by atoms with van der Waals surface area (Å²) in [7, 11) is -4.78. The second-order valence-electron chi connectivity index (χ2n) is 10.8. The number of benzene rings is 6. The predicted molar refractivity (Wildman–Crippen MR) is 199 cm³/mol. The molecular formula is C36H30N3O11P3. The Hall–Kier alpha value is -5.71. The van der Waals surface area contributed by atoms with Crippen LogP contribution in [0.2, 0.25) is 0 Å². The van der Waals surface area contributed by atoms with Crippen molar-refractivity contribution in [3.05, 3.63) is 140 Å². The summed E-state index contributed by atoms with van der Waals surface area (Å²) in [5.74, 6) is -0.0411. The quantitative estimate of drug-likeness (QED) is 0.0649. The average Bonchev–Trinajstić information content (AvgIpc) is 3.16. The van der Waals surface area contributed by atoms with E-state index in [1.807, 2.05) is 0 Å². The summed E-state index contributed by atoms with van der Waals surface area (Å²) in [6, 6.07) is 36.5. The lowest BCUT2D eigenvalue weighted by Crippen LogP contribution is -2.37. The molecule has 7 rings (SSSR count). The Kier molecular flexibility index (Phi) is 11.0. The average molecular weight is 774 g/mol. The number of aromatic hydroxyl groups is 5. The van der Waals surface area contributed by atoms with Crippen LogP contribution in [0.15, 0.2) is 140 Å². The highest BCUT2D eigenvalue weighted by Gasteiger charge is 2.47. The molecule has 3 atom stereocenters. The van der Waals surface area contributed by atoms with Gasteiger partial charge in [-0.3, -0.25) is 0 Å². The highest BCUT2D eigenvalue weighted by atomic mass is 31.3. The van der Waals surface area contributed by atoms with Crippen molar-refractivity contribution in [1.82, 2.24) is 14.1 Å². The van der Waals surface area contributed by atoms with E-state index in [9.17, 15) is 25.5 Å². The molecule has 0 radical (unpaired) electrons. The standard InChI is InChI=1S/C36H30N3O11P3/c40-24-12-1-6-17-29(24)45-34-22-11-23-35(36(34)46-30-18-7-2-13-25(30)41)49-52-37-51-38(47-31-19-8-3-14-26(31)42)53(50-33-21-10-5-16-28(33)44)39(52)48-32-20-9-4-15-27(32)43/h1-23,37,40-44,51H. The Morgan fingerprint density at radius 3 is 1.42 bits per heavy atom. The maximum Gasteiger partial charge on any atom is 0.332 e. The van der Waals surface area contributed by atoms with Crippen LogP contribution in [0, 0.1) is 0 Å². The van der Waals surface area contributed by atoms with Crippen molar-refractivity contribution in [1.29, 1.82) is 0 Å². The van der Waals surface area contributed by atoms with E-state index in [0.29, 0.717) is 0 Å². The monoisotopic (exact) mass is 773 g/mol. The van der Waals surface area contributed by atoms with Crippen LogP contribution < -0.4 is 33.1 Å². The van der Waals surface area contributed by atoms with Crippen LogP contribution in [0.25, 0.3) is 0 Å². The minimum Gasteiger partial charge on any atom is -0.504 e. The van der Waals surface area contributed by atoms with Crippen LogP contribution in [-0.2, 0) is 0 Å². The lowest BCUT2D eigenvalue weighted by Gasteiger charge is -2.41. The summed E-state index contributed by atoms with van der Waals surface area (Å²) < 4.78 is 28.1. The van der Waals surface area contributed by atoms with E-state index in [1.165, 1.54) is 45.6 Å². The molecule has 0 aliphatic carbocycles. The van der Waals surface area contributed by atoms with Crippen LogP contribution in [0.4, 0.5) is 0 Å². The van der Waals surface area contributed by atoms with Crippen LogP contribution in [0.1, 0.15) is 0 Å². The number of nitrogens with zero attached hydrogens (tertiary/aromatic N) is 2. The van der Waals surface area contributed by atoms with Gasteiger partial charge in [0.15, 0.2) is 69.0 Å². The number of rotatable bonds is 12. The van der Waals surface area contributed by atoms with Crippen LogP contribution in [0.3, 0.4) is 0 Å². The van der Waals surface area contributed by atoms with Gasteiger partial charge in [-0.15, -0.1) is 0 Å². The molecule has 6 aromatic rings. The van der Waals surface area contributed by atoms with Gasteiger partial charge in [0, 0.05) is 4.60 Å². The van der Waals surface area contributed by atoms with E-state index < -0.39 is 25.8 Å². The lowest BCUT2D eigenvalue weighted by molar-refractivity contribution is 0.0636. The Bertz CT molecular complexity index is 2200. The predicted octanol–water partition coefficient (Wildman–Crippen LogP) is 9.41. The fraction of sp³-hybridized carbons (Fsp3) is 0. The fourth-order valence-electron chi connectivity index (χ4n) is 4.60. The topological polar surface area (TPSA) is 175 Å². The van der Waals surface area contributed by atoms with E-state index in [4.69, 9.17) is 28.2 Å². The van der Waals surface area contributed by atoms with Crippen molar-refractivity contribution in [2.75, 3.05) is 0 Å². The normalized spacial score (nSPS) is 16.5. The maximum absolute atomic E-state index is 10.8. The van der Waals surface area contributed by atoms with Crippen molar-refractivity contribution in [3.8, 4) is 74.7 Å². The number of hydrogen-bond acceptors (Lipinski definition) is 14. The minimum atomic E-state index is -2.26. The first-order valence-corrected chi connectivity index (χ1v) is 19.0. The third kappa shape index (κ3) is 8.35. The van der Waals surface area contributed by atoms with Gasteiger partial charge < -0.3 is 53.7 Å². The van der Waals surface area contributed by atoms with Gasteiger partial charge >= 0.3 is 8.45 Å². The summed E-state index contributed by atoms with van der Waals surface area (Å²) in [5, 5.41) is 53.2. The van der Waals surface area contributed by atoms with E-state index in [-0.39, 0.29) is 74.7 Å². The molecule has 17 heteroatoms. The number of hydrogen-bond donors (Lipinski definition) is 6. The lowest BCUT2D eigenvalue weighted by atomic mass is 10.2. The van der Waals surface area contributed by atoms with Gasteiger partial charge in [0.05, 0.1) is 8.88 Å². The van der Waals surface area contributed by atoms with Gasteiger partial charge in [0.25, 0.3) is 8.45 Å². The Labute approximate surface area is 307 Å². The molecule has 0 saturated carbocycles. The molecule has 1 heterocycles. The largest absolute Gasteiger partial charge is 0.504 e. The first-order chi connectivity index (χ1) is 25.8. The molecular weight excluding hydrogens is 743 g/mol. The third-order valence-electron chi connectivity index (χ3n) is 7.13. The molecule has 1 aliphatic heterocycles. The molecule has 6 aromatic carbocycles. The number of phenols is 5.